The molecule has 2 aliphatic rings. The van der Waals surface area contributed by atoms with Gasteiger partial charge < -0.3 is 16.0 Å². The quantitative estimate of drug-likeness (QED) is 0.710. The molecular weight excluding hydrogens is 250 g/mol. The fraction of sp³-hybridized carbons (Fsp3) is 0.938. The van der Waals surface area contributed by atoms with Gasteiger partial charge in [0.25, 0.3) is 0 Å². The van der Waals surface area contributed by atoms with Crippen molar-refractivity contribution in [2.24, 2.45) is 23.5 Å². The molecule has 4 atom stereocenters. The van der Waals surface area contributed by atoms with Gasteiger partial charge >= 0.3 is 0 Å². The fourth-order valence-corrected chi connectivity index (χ4v) is 4.09. The van der Waals surface area contributed by atoms with Crippen LogP contribution in [-0.2, 0) is 4.79 Å². The van der Waals surface area contributed by atoms with Gasteiger partial charge in [0.15, 0.2) is 0 Å². The molecule has 0 radical (unpaired) electrons. The Balaban J connectivity index is 1.76. The van der Waals surface area contributed by atoms with E-state index in [0.717, 1.165) is 37.3 Å². The Hall–Kier alpha value is -0.610. The van der Waals surface area contributed by atoms with Crippen molar-refractivity contribution in [2.75, 3.05) is 26.7 Å². The van der Waals surface area contributed by atoms with Crippen LogP contribution in [-0.4, -0.2) is 43.5 Å². The van der Waals surface area contributed by atoms with Crippen LogP contribution in [0.1, 0.15) is 45.4 Å². The summed E-state index contributed by atoms with van der Waals surface area (Å²) in [6.45, 7) is 4.52. The minimum Gasteiger partial charge on any atom is -0.356 e. The molecule has 2 aliphatic carbocycles. The van der Waals surface area contributed by atoms with E-state index < -0.39 is 0 Å². The highest BCUT2D eigenvalue weighted by Gasteiger charge is 2.40. The molecule has 4 nitrogen and oxygen atoms in total. The second-order valence-electron chi connectivity index (χ2n) is 6.82. The summed E-state index contributed by atoms with van der Waals surface area (Å²) in [7, 11) is 2.14. The normalized spacial score (nSPS) is 29.9. The zero-order chi connectivity index (χ0) is 14.5. The van der Waals surface area contributed by atoms with Crippen molar-refractivity contribution in [1.29, 1.82) is 0 Å². The average Bonchev–Trinajstić information content (AvgIpc) is 3.04. The molecule has 2 saturated carbocycles. The molecule has 4 heteroatoms. The minimum atomic E-state index is 0.141. The van der Waals surface area contributed by atoms with Gasteiger partial charge in [-0.15, -0.1) is 0 Å². The SMILES string of the molecule is CCCNC(=O)CC(CN)N(C)CC1CC2CCC1C2. The molecule has 2 fully saturated rings. The number of hydrogen-bond donors (Lipinski definition) is 2. The van der Waals surface area contributed by atoms with Crippen LogP contribution in [0.3, 0.4) is 0 Å². The third-order valence-electron chi connectivity index (χ3n) is 5.30. The number of amides is 1. The Morgan fingerprint density at radius 2 is 2.20 bits per heavy atom. The maximum absolute atomic E-state index is 11.8. The molecule has 3 N–H and O–H groups in total. The summed E-state index contributed by atoms with van der Waals surface area (Å²) in [6, 6.07) is 0.186. The van der Waals surface area contributed by atoms with Crippen LogP contribution < -0.4 is 11.1 Å². The number of carbonyl (C=O) groups excluding carboxylic acids is 1. The zero-order valence-electron chi connectivity index (χ0n) is 13.1. The first kappa shape index (κ1) is 15.8. The number of likely N-dealkylation sites (N-methyl/N-ethyl adjacent to an activating group) is 1. The Labute approximate surface area is 123 Å². The lowest BCUT2D eigenvalue weighted by Crippen LogP contribution is -2.44. The Kier molecular flexibility index (Phi) is 5.85. The Bertz CT molecular complexity index is 321. The summed E-state index contributed by atoms with van der Waals surface area (Å²) in [5.74, 6) is 2.91. The third kappa shape index (κ3) is 3.95. The van der Waals surface area contributed by atoms with Crippen molar-refractivity contribution in [2.45, 2.75) is 51.5 Å². The van der Waals surface area contributed by atoms with Gasteiger partial charge in [-0.05, 0) is 50.5 Å². The Morgan fingerprint density at radius 3 is 2.75 bits per heavy atom. The first-order chi connectivity index (χ1) is 9.63. The largest absolute Gasteiger partial charge is 0.356 e. The van der Waals surface area contributed by atoms with Crippen LogP contribution in [0.2, 0.25) is 0 Å². The van der Waals surface area contributed by atoms with E-state index in [1.165, 1.54) is 25.7 Å². The molecule has 0 saturated heterocycles. The van der Waals surface area contributed by atoms with Crippen LogP contribution in [0.25, 0.3) is 0 Å². The van der Waals surface area contributed by atoms with E-state index in [4.69, 9.17) is 5.73 Å². The molecule has 20 heavy (non-hydrogen) atoms. The van der Waals surface area contributed by atoms with Crippen molar-refractivity contribution in [3.63, 3.8) is 0 Å². The van der Waals surface area contributed by atoms with Crippen molar-refractivity contribution in [3.05, 3.63) is 0 Å². The van der Waals surface area contributed by atoms with Gasteiger partial charge in [0.2, 0.25) is 5.91 Å². The van der Waals surface area contributed by atoms with E-state index in [1.807, 2.05) is 0 Å². The van der Waals surface area contributed by atoms with E-state index in [2.05, 4.69) is 24.2 Å². The molecule has 0 spiro atoms. The van der Waals surface area contributed by atoms with Gasteiger partial charge in [-0.25, -0.2) is 0 Å². The summed E-state index contributed by atoms with van der Waals surface area (Å²) in [4.78, 5) is 14.2. The molecule has 2 bridgehead atoms. The number of nitrogens with two attached hydrogens (primary N) is 1. The molecule has 0 aromatic carbocycles. The topological polar surface area (TPSA) is 58.4 Å². The number of hydrogen-bond acceptors (Lipinski definition) is 3. The van der Waals surface area contributed by atoms with Gasteiger partial charge in [0, 0.05) is 32.1 Å². The summed E-state index contributed by atoms with van der Waals surface area (Å²) in [5, 5.41) is 2.95. The minimum absolute atomic E-state index is 0.141. The van der Waals surface area contributed by atoms with Gasteiger partial charge in [-0.1, -0.05) is 13.3 Å². The predicted molar refractivity (Wildman–Crippen MR) is 82.3 cm³/mol. The van der Waals surface area contributed by atoms with Gasteiger partial charge in [0.1, 0.15) is 0 Å². The number of fused-ring (bicyclic) bond motifs is 2. The molecule has 0 heterocycles. The Morgan fingerprint density at radius 1 is 1.40 bits per heavy atom. The van der Waals surface area contributed by atoms with Gasteiger partial charge in [-0.2, -0.15) is 0 Å². The van der Waals surface area contributed by atoms with Crippen LogP contribution in [0, 0.1) is 17.8 Å². The molecule has 4 unspecified atom stereocenters. The van der Waals surface area contributed by atoms with Crippen molar-refractivity contribution >= 4 is 5.91 Å². The summed E-state index contributed by atoms with van der Waals surface area (Å²) in [6.07, 6.45) is 7.24. The molecule has 0 aromatic rings. The highest BCUT2D eigenvalue weighted by molar-refractivity contribution is 5.76. The van der Waals surface area contributed by atoms with Gasteiger partial charge in [-0.3, -0.25) is 4.79 Å². The fourth-order valence-electron chi connectivity index (χ4n) is 4.09. The van der Waals surface area contributed by atoms with Gasteiger partial charge in [0.05, 0.1) is 0 Å². The maximum atomic E-state index is 11.8. The van der Waals surface area contributed by atoms with Crippen molar-refractivity contribution in [3.8, 4) is 0 Å². The van der Waals surface area contributed by atoms with Crippen molar-refractivity contribution < 1.29 is 4.79 Å². The van der Waals surface area contributed by atoms with Crippen LogP contribution in [0.15, 0.2) is 0 Å². The highest BCUT2D eigenvalue weighted by Crippen LogP contribution is 2.48. The summed E-state index contributed by atoms with van der Waals surface area (Å²) >= 11 is 0. The van der Waals surface area contributed by atoms with Crippen LogP contribution >= 0.6 is 0 Å². The average molecular weight is 281 g/mol. The number of carbonyl (C=O) groups is 1. The first-order valence-electron chi connectivity index (χ1n) is 8.31. The molecule has 116 valence electrons. The number of rotatable bonds is 8. The second kappa shape index (κ2) is 7.41. The van der Waals surface area contributed by atoms with E-state index in [0.29, 0.717) is 13.0 Å². The maximum Gasteiger partial charge on any atom is 0.221 e. The van der Waals surface area contributed by atoms with Crippen LogP contribution in [0.4, 0.5) is 0 Å². The number of nitrogens with zero attached hydrogens (tertiary/aromatic N) is 1. The lowest BCUT2D eigenvalue weighted by atomic mass is 9.88. The standard InChI is InChI=1S/C16H31N3O/c1-3-6-18-16(20)9-15(10-17)19(2)11-14-8-12-4-5-13(14)7-12/h12-15H,3-11,17H2,1-2H3,(H,18,20). The van der Waals surface area contributed by atoms with E-state index in [9.17, 15) is 4.79 Å². The summed E-state index contributed by atoms with van der Waals surface area (Å²) < 4.78 is 0. The first-order valence-corrected chi connectivity index (χ1v) is 8.31. The molecule has 1 amide bonds. The molecule has 0 aromatic heterocycles. The third-order valence-corrected chi connectivity index (χ3v) is 5.30. The molecule has 0 aliphatic heterocycles. The highest BCUT2D eigenvalue weighted by atomic mass is 16.1. The predicted octanol–water partition coefficient (Wildman–Crippen LogP) is 1.60. The lowest BCUT2D eigenvalue weighted by Gasteiger charge is -2.32. The van der Waals surface area contributed by atoms with E-state index in [-0.39, 0.29) is 11.9 Å². The van der Waals surface area contributed by atoms with Crippen LogP contribution in [0.5, 0.6) is 0 Å². The number of nitrogens with one attached hydrogen (secondary N) is 1. The molecular formula is C16H31N3O. The van der Waals surface area contributed by atoms with Crippen molar-refractivity contribution in [1.82, 2.24) is 10.2 Å². The summed E-state index contributed by atoms with van der Waals surface area (Å²) in [5.41, 5.74) is 5.88. The van der Waals surface area contributed by atoms with E-state index in [1.54, 1.807) is 0 Å². The molecule has 2 rings (SSSR count). The second-order valence-corrected chi connectivity index (χ2v) is 6.82. The lowest BCUT2D eigenvalue weighted by molar-refractivity contribution is -0.122. The smallest absolute Gasteiger partial charge is 0.221 e. The van der Waals surface area contributed by atoms with E-state index >= 15 is 0 Å². The monoisotopic (exact) mass is 281 g/mol. The zero-order valence-corrected chi connectivity index (χ0v) is 13.1.